The molecule has 8 N–H and O–H groups in total. The lowest BCUT2D eigenvalue weighted by Crippen LogP contribution is -2.39. The molecule has 5 atom stereocenters. The van der Waals surface area contributed by atoms with Crippen LogP contribution in [0.2, 0.25) is 0 Å². The molecule has 25 heavy (non-hydrogen) atoms. The number of pyridine rings is 1. The van der Waals surface area contributed by atoms with Crippen LogP contribution in [0.5, 0.6) is 0 Å². The van der Waals surface area contributed by atoms with Gasteiger partial charge in [0.25, 0.3) is 5.56 Å². The summed E-state index contributed by atoms with van der Waals surface area (Å²) in [6, 6.07) is 1.37. The van der Waals surface area contributed by atoms with Gasteiger partial charge in [-0.15, -0.1) is 0 Å². The number of aliphatic hydroxyl groups excluding tert-OH is 3. The molecule has 0 aromatic carbocycles. The highest BCUT2D eigenvalue weighted by Crippen LogP contribution is 2.41. The second kappa shape index (κ2) is 6.16. The van der Waals surface area contributed by atoms with Crippen molar-refractivity contribution >= 4 is 24.7 Å². The highest BCUT2D eigenvalue weighted by Gasteiger charge is 2.49. The number of hydrogen-bond acceptors (Lipinski definition) is 9. The summed E-state index contributed by atoms with van der Waals surface area (Å²) in [5.41, 5.74) is 5.06. The number of aromatic amines is 1. The van der Waals surface area contributed by atoms with E-state index in [1.807, 2.05) is 0 Å². The Bertz CT molecular complexity index is 891. The summed E-state index contributed by atoms with van der Waals surface area (Å²) in [5, 5.41) is 29.8. The number of anilines is 1. The Morgan fingerprint density at radius 2 is 2.08 bits per heavy atom. The standard InChI is InChI=1S/C11H15N4O9P/c12-4-1-3-5(9(18)14-4)15(2-13-3)10-7(17)6(16)8(23-10)11(19)24-25(20,21)22/h1-2,6-8,10-11,16-17,19H,(H3,12,14,18)(H2,20,21,22)/t6-,7+,8-,10+,11?/m0/s1. The number of ether oxygens (including phenoxy) is 1. The fourth-order valence-electron chi connectivity index (χ4n) is 2.63. The summed E-state index contributed by atoms with van der Waals surface area (Å²) in [6.45, 7) is 0. The molecule has 2 aromatic heterocycles. The third-order valence-corrected chi connectivity index (χ3v) is 4.15. The Labute approximate surface area is 138 Å². The van der Waals surface area contributed by atoms with E-state index in [0.717, 1.165) is 10.9 Å². The number of rotatable bonds is 4. The van der Waals surface area contributed by atoms with Gasteiger partial charge in [-0.05, 0) is 0 Å². The average Bonchev–Trinajstić information content (AvgIpc) is 3.00. The largest absolute Gasteiger partial charge is 0.472 e. The lowest BCUT2D eigenvalue weighted by atomic mass is 10.1. The minimum atomic E-state index is -5.06. The zero-order valence-electron chi connectivity index (χ0n) is 12.3. The number of aliphatic hydroxyl groups is 3. The number of nitrogens with two attached hydrogens (primary N) is 1. The number of nitrogen functional groups attached to an aromatic ring is 1. The van der Waals surface area contributed by atoms with Crippen molar-refractivity contribution in [3.05, 3.63) is 22.7 Å². The Balaban J connectivity index is 1.94. The van der Waals surface area contributed by atoms with Crippen molar-refractivity contribution in [2.45, 2.75) is 30.8 Å². The highest BCUT2D eigenvalue weighted by molar-refractivity contribution is 7.46. The van der Waals surface area contributed by atoms with Crippen molar-refractivity contribution in [1.82, 2.24) is 14.5 Å². The van der Waals surface area contributed by atoms with Crippen LogP contribution in [0.1, 0.15) is 6.23 Å². The van der Waals surface area contributed by atoms with E-state index in [1.165, 1.54) is 6.07 Å². The number of imidazole rings is 1. The molecular weight excluding hydrogens is 363 g/mol. The van der Waals surface area contributed by atoms with Crippen LogP contribution < -0.4 is 11.3 Å². The first-order valence-electron chi connectivity index (χ1n) is 6.87. The minimum Gasteiger partial charge on any atom is -0.387 e. The summed E-state index contributed by atoms with van der Waals surface area (Å²) in [4.78, 5) is 35.8. The molecule has 14 heteroatoms. The van der Waals surface area contributed by atoms with E-state index in [-0.39, 0.29) is 16.9 Å². The van der Waals surface area contributed by atoms with Gasteiger partial charge in [-0.1, -0.05) is 0 Å². The van der Waals surface area contributed by atoms with Crippen LogP contribution in [0.25, 0.3) is 11.0 Å². The molecule has 2 aromatic rings. The smallest absolute Gasteiger partial charge is 0.387 e. The highest BCUT2D eigenvalue weighted by atomic mass is 31.2. The number of hydrogen-bond donors (Lipinski definition) is 7. The minimum absolute atomic E-state index is 0.0171. The molecule has 0 spiro atoms. The Morgan fingerprint density at radius 3 is 2.72 bits per heavy atom. The van der Waals surface area contributed by atoms with E-state index < -0.39 is 44.2 Å². The third-order valence-electron chi connectivity index (χ3n) is 3.66. The van der Waals surface area contributed by atoms with Crippen LogP contribution in [-0.4, -0.2) is 64.2 Å². The molecule has 1 aliphatic rings. The van der Waals surface area contributed by atoms with Gasteiger partial charge in [0.1, 0.15) is 29.6 Å². The normalized spacial score (nSPS) is 28.5. The molecule has 1 saturated heterocycles. The number of fused-ring (bicyclic) bond motifs is 1. The van der Waals surface area contributed by atoms with Gasteiger partial charge in [-0.2, -0.15) is 0 Å². The van der Waals surface area contributed by atoms with Crippen LogP contribution in [-0.2, 0) is 13.8 Å². The lowest BCUT2D eigenvalue weighted by molar-refractivity contribution is -0.160. The predicted octanol–water partition coefficient (Wildman–Crippen LogP) is -2.65. The summed E-state index contributed by atoms with van der Waals surface area (Å²) in [6.07, 6.45) is -7.52. The molecule has 0 saturated carbocycles. The second-order valence-corrected chi connectivity index (χ2v) is 6.59. The van der Waals surface area contributed by atoms with Crippen LogP contribution in [0.15, 0.2) is 17.2 Å². The van der Waals surface area contributed by atoms with Crippen LogP contribution in [0.3, 0.4) is 0 Å². The summed E-state index contributed by atoms with van der Waals surface area (Å²) >= 11 is 0. The first-order chi connectivity index (χ1) is 11.6. The number of phosphoric acid groups is 1. The van der Waals surface area contributed by atoms with Gasteiger partial charge in [0.2, 0.25) is 0 Å². The molecule has 1 aliphatic heterocycles. The van der Waals surface area contributed by atoms with Crippen LogP contribution >= 0.6 is 7.82 Å². The van der Waals surface area contributed by atoms with Gasteiger partial charge >= 0.3 is 7.82 Å². The molecule has 0 amide bonds. The molecule has 3 heterocycles. The van der Waals surface area contributed by atoms with Crippen molar-refractivity contribution in [3.8, 4) is 0 Å². The number of aromatic nitrogens is 3. The number of nitrogens with zero attached hydrogens (tertiary/aromatic N) is 2. The van der Waals surface area contributed by atoms with Crippen molar-refractivity contribution in [3.63, 3.8) is 0 Å². The van der Waals surface area contributed by atoms with E-state index in [1.54, 1.807) is 0 Å². The third kappa shape index (κ3) is 3.31. The molecule has 138 valence electrons. The zero-order valence-corrected chi connectivity index (χ0v) is 13.2. The van der Waals surface area contributed by atoms with Crippen LogP contribution in [0, 0.1) is 0 Å². The van der Waals surface area contributed by atoms with Gasteiger partial charge in [-0.3, -0.25) is 13.9 Å². The van der Waals surface area contributed by atoms with E-state index >= 15 is 0 Å². The summed E-state index contributed by atoms with van der Waals surface area (Å²) in [5.74, 6) is 0.0685. The fourth-order valence-corrected chi connectivity index (χ4v) is 3.03. The van der Waals surface area contributed by atoms with Gasteiger partial charge in [0.15, 0.2) is 12.5 Å². The van der Waals surface area contributed by atoms with Gasteiger partial charge in [0.05, 0.1) is 11.8 Å². The number of H-pyrrole nitrogens is 1. The summed E-state index contributed by atoms with van der Waals surface area (Å²) < 4.78 is 21.2. The summed E-state index contributed by atoms with van der Waals surface area (Å²) in [7, 11) is -5.06. The number of phosphoric ester groups is 1. The van der Waals surface area contributed by atoms with Crippen molar-refractivity contribution < 1.29 is 38.9 Å². The molecule has 0 bridgehead atoms. The van der Waals surface area contributed by atoms with Crippen molar-refractivity contribution in [2.75, 3.05) is 5.73 Å². The van der Waals surface area contributed by atoms with Crippen molar-refractivity contribution in [1.29, 1.82) is 0 Å². The number of nitrogens with one attached hydrogen (secondary N) is 1. The average molecular weight is 378 g/mol. The molecule has 1 fully saturated rings. The van der Waals surface area contributed by atoms with Gasteiger partial charge in [-0.25, -0.2) is 9.55 Å². The monoisotopic (exact) mass is 378 g/mol. The van der Waals surface area contributed by atoms with E-state index in [0.29, 0.717) is 0 Å². The predicted molar refractivity (Wildman–Crippen MR) is 79.8 cm³/mol. The second-order valence-electron chi connectivity index (χ2n) is 5.40. The molecule has 1 unspecified atom stereocenters. The topological polar surface area (TPSA) is 213 Å². The Kier molecular flexibility index (Phi) is 4.43. The Hall–Kier alpha value is -1.83. The first kappa shape index (κ1) is 18.0. The maximum atomic E-state index is 12.1. The van der Waals surface area contributed by atoms with E-state index in [2.05, 4.69) is 14.5 Å². The SMILES string of the molecule is Nc1cc2ncn([C@@H]3O[C@H](C(O)OP(=O)(O)O)[C@@H](O)[C@H]3O)c2c(=O)[nH]1. The maximum Gasteiger partial charge on any atom is 0.472 e. The van der Waals surface area contributed by atoms with Crippen molar-refractivity contribution in [2.24, 2.45) is 0 Å². The molecule has 13 nitrogen and oxygen atoms in total. The fraction of sp³-hybridized carbons (Fsp3) is 0.455. The molecule has 0 aliphatic carbocycles. The Morgan fingerprint density at radius 1 is 1.40 bits per heavy atom. The molecular formula is C11H15N4O9P. The van der Waals surface area contributed by atoms with E-state index in [4.69, 9.17) is 20.3 Å². The first-order valence-corrected chi connectivity index (χ1v) is 8.40. The molecule has 0 radical (unpaired) electrons. The van der Waals surface area contributed by atoms with Gasteiger partial charge < -0.3 is 40.6 Å². The maximum absolute atomic E-state index is 12.1. The lowest BCUT2D eigenvalue weighted by Gasteiger charge is -2.21. The molecule has 3 rings (SSSR count). The zero-order chi connectivity index (χ0) is 18.5. The van der Waals surface area contributed by atoms with Crippen LogP contribution in [0.4, 0.5) is 5.82 Å². The van der Waals surface area contributed by atoms with E-state index in [9.17, 15) is 24.7 Å². The quantitative estimate of drug-likeness (QED) is 0.215. The van der Waals surface area contributed by atoms with Gasteiger partial charge in [0, 0.05) is 6.07 Å².